The summed E-state index contributed by atoms with van der Waals surface area (Å²) in [7, 11) is -1.59. The van der Waals surface area contributed by atoms with Gasteiger partial charge in [0.25, 0.3) is 0 Å². The molecule has 1 heterocycles. The van der Waals surface area contributed by atoms with Crippen LogP contribution in [-0.4, -0.2) is 60.9 Å². The van der Waals surface area contributed by atoms with E-state index in [2.05, 4.69) is 0 Å². The summed E-state index contributed by atoms with van der Waals surface area (Å²) in [6.07, 6.45) is 4.28. The topological polar surface area (TPSA) is 77.9 Å². The average molecular weight is 395 g/mol. The van der Waals surface area contributed by atoms with Crippen LogP contribution < -0.4 is 0 Å². The van der Waals surface area contributed by atoms with Crippen molar-refractivity contribution in [2.45, 2.75) is 56.4 Å². The molecule has 2 aliphatic rings. The Morgan fingerprint density at radius 1 is 1.11 bits per heavy atom. The molecule has 150 valence electrons. The molecule has 1 aliphatic carbocycles. The van der Waals surface area contributed by atoms with Gasteiger partial charge < -0.3 is 10.0 Å². The van der Waals surface area contributed by atoms with Crippen LogP contribution in [0.4, 0.5) is 0 Å². The predicted octanol–water partition coefficient (Wildman–Crippen LogP) is 1.99. The first-order chi connectivity index (χ1) is 12.9. The lowest BCUT2D eigenvalue weighted by Gasteiger charge is -2.38. The van der Waals surface area contributed by atoms with Gasteiger partial charge in [-0.3, -0.25) is 4.79 Å². The molecule has 0 radical (unpaired) electrons. The van der Waals surface area contributed by atoms with E-state index in [1.165, 1.54) is 4.31 Å². The minimum Gasteiger partial charge on any atom is -0.391 e. The third kappa shape index (κ3) is 4.89. The largest absolute Gasteiger partial charge is 0.391 e. The maximum Gasteiger partial charge on any atom is 0.225 e. The standard InChI is InChI=1S/C20H30N2O4S/c1-21(18-9-5-6-10-19(18)23)20(24)17-11-13-22(14-12-17)27(25,26)15-16-7-3-2-4-8-16/h2-4,7-8,17-19,23H,5-6,9-15H2,1H3. The maximum atomic E-state index is 12.8. The summed E-state index contributed by atoms with van der Waals surface area (Å²) in [5.41, 5.74) is 0.779. The van der Waals surface area contributed by atoms with Crippen molar-refractivity contribution in [2.75, 3.05) is 20.1 Å². The minimum absolute atomic E-state index is 0.000617. The Labute approximate surface area is 162 Å². The van der Waals surface area contributed by atoms with E-state index >= 15 is 0 Å². The van der Waals surface area contributed by atoms with Gasteiger partial charge in [-0.1, -0.05) is 43.2 Å². The van der Waals surface area contributed by atoms with Crippen molar-refractivity contribution in [3.63, 3.8) is 0 Å². The number of aliphatic hydroxyl groups is 1. The molecule has 1 N–H and O–H groups in total. The smallest absolute Gasteiger partial charge is 0.225 e. The molecular weight excluding hydrogens is 364 g/mol. The summed E-state index contributed by atoms with van der Waals surface area (Å²) >= 11 is 0. The van der Waals surface area contributed by atoms with Crippen LogP contribution in [0.25, 0.3) is 0 Å². The molecule has 0 aromatic heterocycles. The number of carbonyl (C=O) groups excluding carboxylic acids is 1. The number of aliphatic hydroxyl groups excluding tert-OH is 1. The van der Waals surface area contributed by atoms with Crippen molar-refractivity contribution in [3.05, 3.63) is 35.9 Å². The van der Waals surface area contributed by atoms with Crippen molar-refractivity contribution in [2.24, 2.45) is 5.92 Å². The van der Waals surface area contributed by atoms with Crippen LogP contribution in [0.15, 0.2) is 30.3 Å². The molecule has 0 spiro atoms. The van der Waals surface area contributed by atoms with Crippen molar-refractivity contribution in [1.82, 2.24) is 9.21 Å². The zero-order valence-electron chi connectivity index (χ0n) is 16.0. The normalized spacial score (nSPS) is 25.3. The Morgan fingerprint density at radius 2 is 1.74 bits per heavy atom. The summed E-state index contributed by atoms with van der Waals surface area (Å²) < 4.78 is 26.8. The molecule has 27 heavy (non-hydrogen) atoms. The Kier molecular flexibility index (Phi) is 6.55. The zero-order chi connectivity index (χ0) is 19.4. The van der Waals surface area contributed by atoms with Gasteiger partial charge in [-0.15, -0.1) is 0 Å². The van der Waals surface area contributed by atoms with Crippen molar-refractivity contribution in [1.29, 1.82) is 0 Å². The van der Waals surface area contributed by atoms with Crippen molar-refractivity contribution in [3.8, 4) is 0 Å². The molecule has 0 bridgehead atoms. The first-order valence-corrected chi connectivity index (χ1v) is 11.5. The highest BCUT2D eigenvalue weighted by Crippen LogP contribution is 2.27. The highest BCUT2D eigenvalue weighted by molar-refractivity contribution is 7.88. The van der Waals surface area contributed by atoms with E-state index < -0.39 is 16.1 Å². The molecule has 7 heteroatoms. The van der Waals surface area contributed by atoms with Crippen LogP contribution in [0.5, 0.6) is 0 Å². The van der Waals surface area contributed by atoms with Gasteiger partial charge in [0, 0.05) is 26.1 Å². The van der Waals surface area contributed by atoms with Gasteiger partial charge in [-0.05, 0) is 31.2 Å². The lowest BCUT2D eigenvalue weighted by atomic mass is 9.89. The molecule has 2 fully saturated rings. The highest BCUT2D eigenvalue weighted by Gasteiger charge is 2.36. The fourth-order valence-corrected chi connectivity index (χ4v) is 5.82. The Bertz CT molecular complexity index is 730. The van der Waals surface area contributed by atoms with Crippen LogP contribution in [0.2, 0.25) is 0 Å². The monoisotopic (exact) mass is 394 g/mol. The number of hydrogen-bond acceptors (Lipinski definition) is 4. The molecule has 1 saturated heterocycles. The van der Waals surface area contributed by atoms with Gasteiger partial charge in [0.2, 0.25) is 15.9 Å². The quantitative estimate of drug-likeness (QED) is 0.828. The second-order valence-corrected chi connectivity index (χ2v) is 9.75. The number of rotatable bonds is 5. The lowest BCUT2D eigenvalue weighted by Crippen LogP contribution is -2.50. The molecule has 6 nitrogen and oxygen atoms in total. The Morgan fingerprint density at radius 3 is 2.37 bits per heavy atom. The van der Waals surface area contributed by atoms with E-state index in [1.807, 2.05) is 30.3 Å². The third-order valence-electron chi connectivity index (χ3n) is 5.93. The number of carbonyl (C=O) groups is 1. The number of hydrogen-bond donors (Lipinski definition) is 1. The third-order valence-corrected chi connectivity index (χ3v) is 7.78. The lowest BCUT2D eigenvalue weighted by molar-refractivity contribution is -0.141. The summed E-state index contributed by atoms with van der Waals surface area (Å²) in [4.78, 5) is 14.5. The van der Waals surface area contributed by atoms with Crippen molar-refractivity contribution < 1.29 is 18.3 Å². The predicted molar refractivity (Wildman–Crippen MR) is 104 cm³/mol. The van der Waals surface area contributed by atoms with Gasteiger partial charge >= 0.3 is 0 Å². The van der Waals surface area contributed by atoms with Crippen LogP contribution in [0.1, 0.15) is 44.1 Å². The first kappa shape index (κ1) is 20.3. The summed E-state index contributed by atoms with van der Waals surface area (Å²) in [5.74, 6) is -0.117. The number of benzene rings is 1. The molecule has 2 atom stereocenters. The van der Waals surface area contributed by atoms with Gasteiger partial charge in [0.15, 0.2) is 0 Å². The molecule has 1 aromatic carbocycles. The second kappa shape index (κ2) is 8.71. The Hall–Kier alpha value is -1.44. The molecule has 1 aromatic rings. The van der Waals surface area contributed by atoms with Gasteiger partial charge in [0.1, 0.15) is 0 Å². The number of nitrogens with zero attached hydrogens (tertiary/aromatic N) is 2. The van der Waals surface area contributed by atoms with Crippen LogP contribution in [0.3, 0.4) is 0 Å². The highest BCUT2D eigenvalue weighted by atomic mass is 32.2. The SMILES string of the molecule is CN(C(=O)C1CCN(S(=O)(=O)Cc2ccccc2)CC1)C1CCCCC1O. The van der Waals surface area contributed by atoms with E-state index in [0.717, 1.165) is 31.2 Å². The molecule has 3 rings (SSSR count). The van der Waals surface area contributed by atoms with Crippen molar-refractivity contribution >= 4 is 15.9 Å². The fourth-order valence-electron chi connectivity index (χ4n) is 4.25. The summed E-state index contributed by atoms with van der Waals surface area (Å²) in [6.45, 7) is 0.763. The van der Waals surface area contributed by atoms with Crippen LogP contribution in [0, 0.1) is 5.92 Å². The zero-order valence-corrected chi connectivity index (χ0v) is 16.8. The van der Waals surface area contributed by atoms with E-state index in [1.54, 1.807) is 11.9 Å². The van der Waals surface area contributed by atoms with Crippen LogP contribution >= 0.6 is 0 Å². The van der Waals surface area contributed by atoms with E-state index in [0.29, 0.717) is 25.9 Å². The van der Waals surface area contributed by atoms with E-state index in [4.69, 9.17) is 0 Å². The number of piperidine rings is 1. The number of amides is 1. The average Bonchev–Trinajstić information content (AvgIpc) is 2.68. The molecule has 1 saturated carbocycles. The minimum atomic E-state index is -3.37. The molecular formula is C20H30N2O4S. The van der Waals surface area contributed by atoms with Crippen LogP contribution in [-0.2, 0) is 20.6 Å². The van der Waals surface area contributed by atoms with Gasteiger partial charge in [0.05, 0.1) is 17.9 Å². The Balaban J connectivity index is 1.55. The molecule has 1 amide bonds. The fraction of sp³-hybridized carbons (Fsp3) is 0.650. The summed E-state index contributed by atoms with van der Waals surface area (Å²) in [6, 6.07) is 9.08. The van der Waals surface area contributed by atoms with Gasteiger partial charge in [-0.2, -0.15) is 0 Å². The number of likely N-dealkylation sites (N-methyl/N-ethyl adjacent to an activating group) is 1. The molecule has 2 unspecified atom stereocenters. The second-order valence-electron chi connectivity index (χ2n) is 7.78. The van der Waals surface area contributed by atoms with E-state index in [9.17, 15) is 18.3 Å². The number of sulfonamides is 1. The summed E-state index contributed by atoms with van der Waals surface area (Å²) in [5, 5.41) is 10.2. The maximum absolute atomic E-state index is 12.8. The molecule has 1 aliphatic heterocycles. The first-order valence-electron chi connectivity index (χ1n) is 9.85. The van der Waals surface area contributed by atoms with Gasteiger partial charge in [-0.25, -0.2) is 12.7 Å². The van der Waals surface area contributed by atoms with E-state index in [-0.39, 0.29) is 23.6 Å².